The van der Waals surface area contributed by atoms with E-state index in [0.29, 0.717) is 17.9 Å². The van der Waals surface area contributed by atoms with E-state index in [2.05, 4.69) is 11.2 Å². The lowest BCUT2D eigenvalue weighted by molar-refractivity contribution is 0.0698. The van der Waals surface area contributed by atoms with Crippen LogP contribution in [0.15, 0.2) is 18.2 Å². The molecule has 90 valence electrons. The fourth-order valence-corrected chi connectivity index (χ4v) is 1.45. The lowest BCUT2D eigenvalue weighted by Gasteiger charge is -2.15. The maximum atomic E-state index is 11.0. The molecule has 0 heterocycles. The van der Waals surface area contributed by atoms with E-state index in [4.69, 9.17) is 16.3 Å². The number of methoxy groups -OCH3 is 1. The van der Waals surface area contributed by atoms with Crippen molar-refractivity contribution >= 4 is 11.7 Å². The highest BCUT2D eigenvalue weighted by molar-refractivity contribution is 5.94. The first-order valence-electron chi connectivity index (χ1n) is 5.19. The summed E-state index contributed by atoms with van der Waals surface area (Å²) in [6.07, 6.45) is 5.73. The van der Waals surface area contributed by atoms with Gasteiger partial charge in [-0.3, -0.25) is 0 Å². The van der Waals surface area contributed by atoms with Crippen molar-refractivity contribution in [1.29, 1.82) is 0 Å². The van der Waals surface area contributed by atoms with Crippen LogP contribution in [0.3, 0.4) is 0 Å². The third-order valence-electron chi connectivity index (χ3n) is 2.28. The second-order valence-corrected chi connectivity index (χ2v) is 3.67. The first-order valence-corrected chi connectivity index (χ1v) is 5.19. The number of carboxylic acids is 1. The van der Waals surface area contributed by atoms with Gasteiger partial charge >= 0.3 is 5.97 Å². The van der Waals surface area contributed by atoms with Gasteiger partial charge in [-0.25, -0.2) is 4.79 Å². The summed E-state index contributed by atoms with van der Waals surface area (Å²) in [6, 6.07) is 4.77. The van der Waals surface area contributed by atoms with Crippen LogP contribution in [0.1, 0.15) is 23.7 Å². The first-order chi connectivity index (χ1) is 8.08. The van der Waals surface area contributed by atoms with Crippen LogP contribution >= 0.6 is 0 Å². The summed E-state index contributed by atoms with van der Waals surface area (Å²) in [5, 5.41) is 12.1. The standard InChI is InChI=1S/C13H15NO3/c1-4-5-9(2)14-12-8-10(17-3)6-7-11(12)13(15)16/h1,6-9,14H,5H2,2-3H3,(H,15,16). The average molecular weight is 233 g/mol. The zero-order valence-corrected chi connectivity index (χ0v) is 9.86. The van der Waals surface area contributed by atoms with E-state index in [-0.39, 0.29) is 11.6 Å². The predicted molar refractivity (Wildman–Crippen MR) is 66.5 cm³/mol. The van der Waals surface area contributed by atoms with E-state index in [1.165, 1.54) is 13.2 Å². The molecule has 0 spiro atoms. The molecule has 4 nitrogen and oxygen atoms in total. The van der Waals surface area contributed by atoms with Gasteiger partial charge in [-0.05, 0) is 19.1 Å². The topological polar surface area (TPSA) is 58.6 Å². The summed E-state index contributed by atoms with van der Waals surface area (Å²) < 4.78 is 5.06. The third kappa shape index (κ3) is 3.42. The highest BCUT2D eigenvalue weighted by atomic mass is 16.5. The minimum atomic E-state index is -0.983. The van der Waals surface area contributed by atoms with Crippen LogP contribution in [-0.4, -0.2) is 24.2 Å². The summed E-state index contributed by atoms with van der Waals surface area (Å²) in [6.45, 7) is 1.89. The quantitative estimate of drug-likeness (QED) is 0.765. The molecule has 0 aromatic heterocycles. The van der Waals surface area contributed by atoms with E-state index >= 15 is 0 Å². The number of ether oxygens (including phenoxy) is 1. The van der Waals surface area contributed by atoms with E-state index in [1.54, 1.807) is 12.1 Å². The van der Waals surface area contributed by atoms with Gasteiger partial charge in [0.25, 0.3) is 0 Å². The molecule has 1 unspecified atom stereocenters. The maximum Gasteiger partial charge on any atom is 0.337 e. The van der Waals surface area contributed by atoms with Crippen LogP contribution < -0.4 is 10.1 Å². The Bertz CT molecular complexity index is 448. The zero-order valence-electron chi connectivity index (χ0n) is 9.86. The Morgan fingerprint density at radius 3 is 2.88 bits per heavy atom. The number of nitrogens with one attached hydrogen (secondary N) is 1. The normalized spacial score (nSPS) is 11.4. The number of rotatable bonds is 5. The molecule has 0 fully saturated rings. The molecule has 2 N–H and O–H groups in total. The van der Waals surface area contributed by atoms with Crippen LogP contribution in [0.2, 0.25) is 0 Å². The second-order valence-electron chi connectivity index (χ2n) is 3.67. The average Bonchev–Trinajstić information content (AvgIpc) is 2.28. The Morgan fingerprint density at radius 1 is 1.65 bits per heavy atom. The zero-order chi connectivity index (χ0) is 12.8. The molecule has 0 aliphatic carbocycles. The van der Waals surface area contributed by atoms with Crippen molar-refractivity contribution in [2.45, 2.75) is 19.4 Å². The Morgan fingerprint density at radius 2 is 2.35 bits per heavy atom. The molecule has 4 heteroatoms. The number of hydrogen-bond acceptors (Lipinski definition) is 3. The van der Waals surface area contributed by atoms with Crippen molar-refractivity contribution < 1.29 is 14.6 Å². The van der Waals surface area contributed by atoms with Crippen molar-refractivity contribution in [3.63, 3.8) is 0 Å². The second kappa shape index (κ2) is 5.80. The molecule has 1 aromatic carbocycles. The summed E-state index contributed by atoms with van der Waals surface area (Å²) >= 11 is 0. The molecule has 1 rings (SSSR count). The highest BCUT2D eigenvalue weighted by Crippen LogP contribution is 2.23. The number of anilines is 1. The molecule has 0 saturated heterocycles. The van der Waals surface area contributed by atoms with Gasteiger partial charge < -0.3 is 15.2 Å². The first kappa shape index (κ1) is 12.9. The van der Waals surface area contributed by atoms with Crippen LogP contribution in [-0.2, 0) is 0 Å². The Kier molecular flexibility index (Phi) is 4.41. The van der Waals surface area contributed by atoms with E-state index in [9.17, 15) is 4.79 Å². The van der Waals surface area contributed by atoms with Crippen LogP contribution in [0.5, 0.6) is 5.75 Å². The van der Waals surface area contributed by atoms with Gasteiger partial charge in [0.1, 0.15) is 5.75 Å². The van der Waals surface area contributed by atoms with E-state index < -0.39 is 5.97 Å². The SMILES string of the molecule is C#CCC(C)Nc1cc(OC)ccc1C(=O)O. The molecule has 17 heavy (non-hydrogen) atoms. The molecule has 0 radical (unpaired) electrons. The monoisotopic (exact) mass is 233 g/mol. The summed E-state index contributed by atoms with van der Waals surface area (Å²) in [5.74, 6) is 2.14. The molecule has 0 saturated carbocycles. The largest absolute Gasteiger partial charge is 0.497 e. The van der Waals surface area contributed by atoms with Gasteiger partial charge in [0.15, 0.2) is 0 Å². The summed E-state index contributed by atoms with van der Waals surface area (Å²) in [5.41, 5.74) is 0.717. The van der Waals surface area contributed by atoms with Gasteiger partial charge in [0.2, 0.25) is 0 Å². The van der Waals surface area contributed by atoms with Crippen molar-refractivity contribution in [2.24, 2.45) is 0 Å². The molecule has 1 aromatic rings. The van der Waals surface area contributed by atoms with E-state index in [0.717, 1.165) is 0 Å². The molecule has 0 aliphatic rings. The molecular weight excluding hydrogens is 218 g/mol. The number of carboxylic acid groups (broad SMARTS) is 1. The Hall–Kier alpha value is -2.15. The maximum absolute atomic E-state index is 11.0. The molecule has 0 amide bonds. The minimum absolute atomic E-state index is 0.00482. The minimum Gasteiger partial charge on any atom is -0.497 e. The van der Waals surface area contributed by atoms with Crippen molar-refractivity contribution in [3.8, 4) is 18.1 Å². The van der Waals surface area contributed by atoms with Crippen LogP contribution in [0.25, 0.3) is 0 Å². The van der Waals surface area contributed by atoms with E-state index in [1.807, 2.05) is 6.92 Å². The van der Waals surface area contributed by atoms with Crippen molar-refractivity contribution in [2.75, 3.05) is 12.4 Å². The Balaban J connectivity index is 3.01. The van der Waals surface area contributed by atoms with Gasteiger partial charge in [-0.2, -0.15) is 0 Å². The smallest absolute Gasteiger partial charge is 0.337 e. The van der Waals surface area contributed by atoms with Crippen LogP contribution in [0.4, 0.5) is 5.69 Å². The molecular formula is C13H15NO3. The lowest BCUT2D eigenvalue weighted by atomic mass is 10.1. The van der Waals surface area contributed by atoms with Crippen molar-refractivity contribution in [1.82, 2.24) is 0 Å². The lowest BCUT2D eigenvalue weighted by Crippen LogP contribution is -2.16. The van der Waals surface area contributed by atoms with Gasteiger partial charge in [0, 0.05) is 18.5 Å². The third-order valence-corrected chi connectivity index (χ3v) is 2.28. The number of aromatic carboxylic acids is 1. The van der Waals surface area contributed by atoms with Gasteiger partial charge in [-0.1, -0.05) is 0 Å². The fourth-order valence-electron chi connectivity index (χ4n) is 1.45. The predicted octanol–water partition coefficient (Wildman–Crippen LogP) is 2.22. The number of carbonyl (C=O) groups is 1. The number of terminal acetylenes is 1. The molecule has 0 bridgehead atoms. The van der Waals surface area contributed by atoms with Gasteiger partial charge in [0.05, 0.1) is 18.4 Å². The number of benzene rings is 1. The molecule has 0 aliphatic heterocycles. The van der Waals surface area contributed by atoms with Gasteiger partial charge in [-0.15, -0.1) is 12.3 Å². The number of hydrogen-bond donors (Lipinski definition) is 2. The summed E-state index contributed by atoms with van der Waals surface area (Å²) in [4.78, 5) is 11.0. The van der Waals surface area contributed by atoms with Crippen LogP contribution in [0, 0.1) is 12.3 Å². The van der Waals surface area contributed by atoms with Crippen molar-refractivity contribution in [3.05, 3.63) is 23.8 Å². The fraction of sp³-hybridized carbons (Fsp3) is 0.308. The molecule has 1 atom stereocenters. The Labute approximate surface area is 101 Å². The highest BCUT2D eigenvalue weighted by Gasteiger charge is 2.12. The summed E-state index contributed by atoms with van der Waals surface area (Å²) in [7, 11) is 1.53.